The van der Waals surface area contributed by atoms with E-state index >= 15 is 0 Å². The van der Waals surface area contributed by atoms with Crippen molar-refractivity contribution < 1.29 is 9.21 Å². The first-order valence-electron chi connectivity index (χ1n) is 9.24. The van der Waals surface area contributed by atoms with Gasteiger partial charge in [0.2, 0.25) is 5.91 Å². The van der Waals surface area contributed by atoms with Crippen LogP contribution in [-0.2, 0) is 24.3 Å². The molecule has 2 fully saturated rings. The van der Waals surface area contributed by atoms with Gasteiger partial charge in [-0.15, -0.1) is 0 Å². The monoisotopic (exact) mass is 339 g/mol. The molecular formula is C20H25N3O2. The average Bonchev–Trinajstić information content (AvgIpc) is 3.26. The number of nitrogens with zero attached hydrogens (tertiary/aromatic N) is 3. The van der Waals surface area contributed by atoms with Gasteiger partial charge in [0.15, 0.2) is 0 Å². The number of rotatable bonds is 5. The molecule has 4 rings (SSSR count). The zero-order valence-electron chi connectivity index (χ0n) is 14.7. The van der Waals surface area contributed by atoms with E-state index in [1.165, 1.54) is 0 Å². The normalized spacial score (nSPS) is 23.9. The van der Waals surface area contributed by atoms with Crippen LogP contribution in [-0.4, -0.2) is 39.3 Å². The Hall–Kier alpha value is -2.14. The molecule has 5 heteroatoms. The largest absolute Gasteiger partial charge is 0.465 e. The molecule has 132 valence electrons. The summed E-state index contributed by atoms with van der Waals surface area (Å²) in [5.41, 5.74) is 1.11. The minimum atomic E-state index is 0.276. The number of hydrogen-bond donors (Lipinski definition) is 0. The molecule has 2 saturated heterocycles. The smallest absolute Gasteiger partial charge is 0.223 e. The Labute approximate surface area is 148 Å². The molecule has 0 bridgehead atoms. The van der Waals surface area contributed by atoms with Crippen molar-refractivity contribution >= 4 is 5.91 Å². The number of carbonyl (C=O) groups is 1. The Balaban J connectivity index is 1.47. The number of likely N-dealkylation sites (tertiary alicyclic amines) is 2. The molecule has 0 saturated carbocycles. The van der Waals surface area contributed by atoms with Gasteiger partial charge in [-0.1, -0.05) is 13.0 Å². The van der Waals surface area contributed by atoms with Crippen LogP contribution in [0.15, 0.2) is 41.1 Å². The Bertz CT molecular complexity index is 728. The highest BCUT2D eigenvalue weighted by Gasteiger charge is 2.43. The number of aryl methyl sites for hydroxylation is 1. The molecule has 0 spiro atoms. The van der Waals surface area contributed by atoms with Crippen LogP contribution in [0, 0.1) is 0 Å². The first-order valence-corrected chi connectivity index (χ1v) is 9.24. The molecule has 1 amide bonds. The van der Waals surface area contributed by atoms with Crippen LogP contribution in [0.3, 0.4) is 0 Å². The van der Waals surface area contributed by atoms with Gasteiger partial charge in [0, 0.05) is 50.4 Å². The van der Waals surface area contributed by atoms with Gasteiger partial charge in [0.25, 0.3) is 0 Å². The Morgan fingerprint density at radius 3 is 2.80 bits per heavy atom. The van der Waals surface area contributed by atoms with Crippen molar-refractivity contribution in [2.45, 2.75) is 57.8 Å². The van der Waals surface area contributed by atoms with Crippen LogP contribution in [0.1, 0.15) is 43.3 Å². The van der Waals surface area contributed by atoms with Crippen LogP contribution >= 0.6 is 0 Å². The molecule has 0 aromatic carbocycles. The van der Waals surface area contributed by atoms with Crippen LogP contribution in [0.2, 0.25) is 0 Å². The van der Waals surface area contributed by atoms with Crippen LogP contribution < -0.4 is 0 Å². The third-order valence-corrected chi connectivity index (χ3v) is 5.50. The Kier molecular flexibility index (Phi) is 4.57. The number of amides is 1. The number of pyridine rings is 1. The number of piperidine rings is 1. The van der Waals surface area contributed by atoms with Gasteiger partial charge in [-0.25, -0.2) is 0 Å². The number of furan rings is 1. The van der Waals surface area contributed by atoms with E-state index in [1.807, 2.05) is 18.3 Å². The summed E-state index contributed by atoms with van der Waals surface area (Å²) in [6.45, 7) is 4.64. The highest BCUT2D eigenvalue weighted by Crippen LogP contribution is 2.33. The van der Waals surface area contributed by atoms with Crippen molar-refractivity contribution in [3.63, 3.8) is 0 Å². The molecule has 4 heterocycles. The highest BCUT2D eigenvalue weighted by atomic mass is 16.3. The van der Waals surface area contributed by atoms with Crippen LogP contribution in [0.25, 0.3) is 0 Å². The van der Waals surface area contributed by atoms with Crippen molar-refractivity contribution in [2.24, 2.45) is 0 Å². The van der Waals surface area contributed by atoms with Crippen molar-refractivity contribution in [2.75, 3.05) is 6.54 Å². The third kappa shape index (κ3) is 3.33. The van der Waals surface area contributed by atoms with E-state index in [1.54, 1.807) is 6.20 Å². The second-order valence-corrected chi connectivity index (χ2v) is 7.04. The SMILES string of the molecule is CCc1ccc(CN2CC[C@H]3[C@@H]2CCC(=O)N3Cc2cccnc2)o1. The van der Waals surface area contributed by atoms with Gasteiger partial charge in [0.05, 0.1) is 6.54 Å². The van der Waals surface area contributed by atoms with Crippen LogP contribution in [0.5, 0.6) is 0 Å². The molecule has 25 heavy (non-hydrogen) atoms. The predicted octanol–water partition coefficient (Wildman–Crippen LogP) is 3.00. The van der Waals surface area contributed by atoms with Gasteiger partial charge in [-0.3, -0.25) is 14.7 Å². The molecule has 2 aliphatic rings. The topological polar surface area (TPSA) is 49.6 Å². The molecule has 2 aromatic heterocycles. The van der Waals surface area contributed by atoms with Crippen molar-refractivity contribution in [3.05, 3.63) is 53.7 Å². The van der Waals surface area contributed by atoms with Gasteiger partial charge >= 0.3 is 0 Å². The lowest BCUT2D eigenvalue weighted by Crippen LogP contribution is -2.51. The summed E-state index contributed by atoms with van der Waals surface area (Å²) < 4.78 is 5.89. The summed E-state index contributed by atoms with van der Waals surface area (Å²) in [6, 6.07) is 8.89. The van der Waals surface area contributed by atoms with E-state index in [0.29, 0.717) is 25.0 Å². The second-order valence-electron chi connectivity index (χ2n) is 7.04. The lowest BCUT2D eigenvalue weighted by Gasteiger charge is -2.39. The van der Waals surface area contributed by atoms with E-state index in [4.69, 9.17) is 4.42 Å². The predicted molar refractivity (Wildman–Crippen MR) is 94.7 cm³/mol. The Morgan fingerprint density at radius 1 is 1.16 bits per heavy atom. The van der Waals surface area contributed by atoms with Gasteiger partial charge < -0.3 is 9.32 Å². The molecule has 2 aromatic rings. The van der Waals surface area contributed by atoms with Gasteiger partial charge in [0.1, 0.15) is 11.5 Å². The van der Waals surface area contributed by atoms with Gasteiger partial charge in [-0.05, 0) is 36.6 Å². The summed E-state index contributed by atoms with van der Waals surface area (Å²) >= 11 is 0. The number of carbonyl (C=O) groups excluding carboxylic acids is 1. The van der Waals surface area contributed by atoms with E-state index in [9.17, 15) is 4.79 Å². The lowest BCUT2D eigenvalue weighted by atomic mass is 9.95. The molecule has 0 aliphatic carbocycles. The number of hydrogen-bond acceptors (Lipinski definition) is 4. The van der Waals surface area contributed by atoms with Gasteiger partial charge in [-0.2, -0.15) is 0 Å². The number of aromatic nitrogens is 1. The quantitative estimate of drug-likeness (QED) is 0.840. The maximum atomic E-state index is 12.5. The maximum absolute atomic E-state index is 12.5. The summed E-state index contributed by atoms with van der Waals surface area (Å²) in [7, 11) is 0. The third-order valence-electron chi connectivity index (χ3n) is 5.50. The molecule has 0 N–H and O–H groups in total. The van der Waals surface area contributed by atoms with E-state index in [-0.39, 0.29) is 5.91 Å². The van der Waals surface area contributed by atoms with Crippen molar-refractivity contribution in [1.82, 2.24) is 14.8 Å². The zero-order valence-corrected chi connectivity index (χ0v) is 14.7. The fourth-order valence-corrected chi connectivity index (χ4v) is 4.23. The standard InChI is InChI=1S/C20H25N3O2/c1-2-16-5-6-17(25-16)14-22-11-9-19-18(22)7-8-20(24)23(19)13-15-4-3-10-21-12-15/h3-6,10,12,18-19H,2,7-9,11,13-14H2,1H3/t18-,19-/m0/s1. The molecule has 0 radical (unpaired) electrons. The summed E-state index contributed by atoms with van der Waals surface area (Å²) in [5.74, 6) is 2.36. The Morgan fingerprint density at radius 2 is 2.04 bits per heavy atom. The maximum Gasteiger partial charge on any atom is 0.223 e. The fourth-order valence-electron chi connectivity index (χ4n) is 4.23. The van der Waals surface area contributed by atoms with E-state index in [0.717, 1.165) is 49.4 Å². The average molecular weight is 339 g/mol. The molecule has 2 atom stereocenters. The first-order chi connectivity index (χ1) is 12.2. The lowest BCUT2D eigenvalue weighted by molar-refractivity contribution is -0.138. The number of fused-ring (bicyclic) bond motifs is 1. The van der Waals surface area contributed by atoms with Crippen molar-refractivity contribution in [1.29, 1.82) is 0 Å². The van der Waals surface area contributed by atoms with Crippen molar-refractivity contribution in [3.8, 4) is 0 Å². The molecular weight excluding hydrogens is 314 g/mol. The fraction of sp³-hybridized carbons (Fsp3) is 0.500. The first kappa shape index (κ1) is 16.3. The summed E-state index contributed by atoms with van der Waals surface area (Å²) in [5, 5.41) is 0. The minimum absolute atomic E-state index is 0.276. The van der Waals surface area contributed by atoms with E-state index < -0.39 is 0 Å². The molecule has 5 nitrogen and oxygen atoms in total. The highest BCUT2D eigenvalue weighted by molar-refractivity contribution is 5.77. The second kappa shape index (κ2) is 7.00. The minimum Gasteiger partial charge on any atom is -0.465 e. The zero-order chi connectivity index (χ0) is 17.2. The van der Waals surface area contributed by atoms with Crippen LogP contribution in [0.4, 0.5) is 0 Å². The van der Waals surface area contributed by atoms with E-state index in [2.05, 4.69) is 33.8 Å². The summed E-state index contributed by atoms with van der Waals surface area (Å²) in [6.07, 6.45) is 7.19. The molecule has 2 aliphatic heterocycles. The molecule has 0 unspecified atom stereocenters. The summed E-state index contributed by atoms with van der Waals surface area (Å²) in [4.78, 5) is 21.3.